The number of aromatic nitrogens is 3. The fourth-order valence-corrected chi connectivity index (χ4v) is 3.37. The largest absolute Gasteiger partial charge is 0.491 e. The van der Waals surface area contributed by atoms with Crippen molar-refractivity contribution in [2.45, 2.75) is 39.7 Å². The van der Waals surface area contributed by atoms with Crippen molar-refractivity contribution in [3.63, 3.8) is 0 Å². The molecule has 6 nitrogen and oxygen atoms in total. The molecule has 0 amide bonds. The highest BCUT2D eigenvalue weighted by Gasteiger charge is 2.21. The van der Waals surface area contributed by atoms with Crippen LogP contribution in [0.4, 0.5) is 5.95 Å². The van der Waals surface area contributed by atoms with Gasteiger partial charge in [0.05, 0.1) is 0 Å². The zero-order valence-corrected chi connectivity index (χ0v) is 15.8. The van der Waals surface area contributed by atoms with E-state index in [4.69, 9.17) is 16.2 Å². The van der Waals surface area contributed by atoms with Crippen LogP contribution in [-0.4, -0.2) is 27.1 Å². The minimum absolute atomic E-state index is 0.344. The number of aromatic amines is 1. The van der Waals surface area contributed by atoms with Crippen molar-refractivity contribution in [3.8, 4) is 16.9 Å². The average Bonchev–Trinajstić information content (AvgIpc) is 2.92. The van der Waals surface area contributed by atoms with E-state index in [0.717, 1.165) is 34.4 Å². The normalized spacial score (nSPS) is 13.9. The van der Waals surface area contributed by atoms with Crippen molar-refractivity contribution < 1.29 is 4.74 Å². The maximum absolute atomic E-state index is 6.35. The second-order valence-corrected chi connectivity index (χ2v) is 7.70. The quantitative estimate of drug-likeness (QED) is 0.627. The third kappa shape index (κ3) is 3.96. The predicted octanol–water partition coefficient (Wildman–Crippen LogP) is 3.66. The van der Waals surface area contributed by atoms with Gasteiger partial charge in [-0.05, 0) is 55.5 Å². The number of nitrogens with one attached hydrogen (secondary N) is 1. The molecule has 0 unspecified atom stereocenters. The Morgan fingerprint density at radius 3 is 2.73 bits per heavy atom. The Morgan fingerprint density at radius 1 is 1.27 bits per heavy atom. The van der Waals surface area contributed by atoms with Gasteiger partial charge in [0.2, 0.25) is 0 Å². The van der Waals surface area contributed by atoms with Crippen LogP contribution in [-0.2, 0) is 0 Å². The lowest BCUT2D eigenvalue weighted by molar-refractivity contribution is 0.206. The number of ether oxygens (including phenoxy) is 1. The molecule has 0 aliphatic carbocycles. The van der Waals surface area contributed by atoms with Gasteiger partial charge in [0, 0.05) is 17.3 Å². The zero-order valence-electron chi connectivity index (χ0n) is 15.8. The number of rotatable bonds is 6. The number of aryl methyl sites for hydroxylation is 1. The third-order valence-corrected chi connectivity index (χ3v) is 4.32. The molecule has 2 aromatic heterocycles. The zero-order chi connectivity index (χ0) is 18.9. The Morgan fingerprint density at radius 2 is 2.04 bits per heavy atom. The summed E-state index contributed by atoms with van der Waals surface area (Å²) in [5.41, 5.74) is 16.3. The fraction of sp³-hybridized carbons (Fsp3) is 0.400. The first-order valence-corrected chi connectivity index (χ1v) is 8.88. The first-order chi connectivity index (χ1) is 12.2. The Kier molecular flexibility index (Phi) is 4.87. The molecule has 5 N–H and O–H groups in total. The van der Waals surface area contributed by atoms with Gasteiger partial charge < -0.3 is 21.2 Å². The average molecular weight is 353 g/mol. The number of hydrogen-bond donors (Lipinski definition) is 3. The summed E-state index contributed by atoms with van der Waals surface area (Å²) < 4.78 is 6.01. The van der Waals surface area contributed by atoms with Gasteiger partial charge in [-0.3, -0.25) is 0 Å². The smallest absolute Gasteiger partial charge is 0.199 e. The summed E-state index contributed by atoms with van der Waals surface area (Å²) in [6.07, 6.45) is 2.67. The summed E-state index contributed by atoms with van der Waals surface area (Å²) in [5.74, 6) is 1.75. The molecule has 6 heteroatoms. The van der Waals surface area contributed by atoms with Crippen LogP contribution in [0.2, 0.25) is 0 Å². The van der Waals surface area contributed by atoms with Crippen molar-refractivity contribution in [1.82, 2.24) is 15.0 Å². The van der Waals surface area contributed by atoms with E-state index >= 15 is 0 Å². The van der Waals surface area contributed by atoms with Gasteiger partial charge in [0.1, 0.15) is 17.9 Å². The highest BCUT2D eigenvalue weighted by Crippen LogP contribution is 2.30. The van der Waals surface area contributed by atoms with Crippen LogP contribution in [0.25, 0.3) is 22.3 Å². The molecular weight excluding hydrogens is 326 g/mol. The van der Waals surface area contributed by atoms with Crippen molar-refractivity contribution in [1.29, 1.82) is 0 Å². The van der Waals surface area contributed by atoms with Crippen LogP contribution in [0.3, 0.4) is 0 Å². The molecule has 26 heavy (non-hydrogen) atoms. The first kappa shape index (κ1) is 18.2. The summed E-state index contributed by atoms with van der Waals surface area (Å²) in [4.78, 5) is 11.6. The Labute approximate surface area is 154 Å². The standard InChI is InChI=1S/C20H27N5O/c1-12(2)10-20(4,22)11-26-16-6-5-14(9-13(16)3)15-7-8-23-18-17(15)24-19(21)25-18/h5-9,12H,10-11,22H2,1-4H3,(H3,21,23,24,25)/t20-/m0/s1. The number of nitrogens with zero attached hydrogens (tertiary/aromatic N) is 2. The van der Waals surface area contributed by atoms with Crippen LogP contribution in [0.15, 0.2) is 30.5 Å². The number of imidazole rings is 1. The molecule has 2 heterocycles. The number of anilines is 1. The summed E-state index contributed by atoms with van der Waals surface area (Å²) in [5, 5.41) is 0. The third-order valence-electron chi connectivity index (χ3n) is 4.32. The number of nitrogens with two attached hydrogens (primary N) is 2. The fourth-order valence-electron chi connectivity index (χ4n) is 3.37. The van der Waals surface area contributed by atoms with E-state index in [1.807, 2.05) is 32.0 Å². The highest BCUT2D eigenvalue weighted by molar-refractivity contribution is 5.90. The lowest BCUT2D eigenvalue weighted by Crippen LogP contribution is -2.43. The Balaban J connectivity index is 1.83. The number of hydrogen-bond acceptors (Lipinski definition) is 5. The van der Waals surface area contributed by atoms with E-state index in [1.165, 1.54) is 0 Å². The molecule has 1 atom stereocenters. The molecule has 0 bridgehead atoms. The molecule has 3 aromatic rings. The summed E-state index contributed by atoms with van der Waals surface area (Å²) in [6, 6.07) is 8.04. The molecule has 0 aliphatic heterocycles. The molecule has 0 radical (unpaired) electrons. The number of fused-ring (bicyclic) bond motifs is 1. The Hall–Kier alpha value is -2.60. The van der Waals surface area contributed by atoms with E-state index in [9.17, 15) is 0 Å². The SMILES string of the molecule is Cc1cc(-c2ccnc3[nH]c(N)nc23)ccc1OC[C@@](C)(N)CC(C)C. The number of benzene rings is 1. The van der Waals surface area contributed by atoms with E-state index in [2.05, 4.69) is 34.9 Å². The van der Waals surface area contributed by atoms with Gasteiger partial charge >= 0.3 is 0 Å². The van der Waals surface area contributed by atoms with E-state index < -0.39 is 0 Å². The van der Waals surface area contributed by atoms with Crippen LogP contribution in [0.1, 0.15) is 32.8 Å². The van der Waals surface area contributed by atoms with E-state index in [1.54, 1.807) is 6.20 Å². The second-order valence-electron chi connectivity index (χ2n) is 7.70. The highest BCUT2D eigenvalue weighted by atomic mass is 16.5. The maximum atomic E-state index is 6.35. The topological polar surface area (TPSA) is 103 Å². The maximum Gasteiger partial charge on any atom is 0.199 e. The molecule has 0 saturated carbocycles. The van der Waals surface area contributed by atoms with Gasteiger partial charge in [-0.15, -0.1) is 0 Å². The van der Waals surface area contributed by atoms with Gasteiger partial charge in [-0.1, -0.05) is 19.9 Å². The predicted molar refractivity (Wildman–Crippen MR) is 106 cm³/mol. The molecule has 138 valence electrons. The van der Waals surface area contributed by atoms with Crippen LogP contribution < -0.4 is 16.2 Å². The number of H-pyrrole nitrogens is 1. The molecule has 3 rings (SSSR count). The minimum atomic E-state index is -0.344. The molecule has 0 aliphatic rings. The molecular formula is C20H27N5O. The number of nitrogen functional groups attached to an aromatic ring is 1. The summed E-state index contributed by atoms with van der Waals surface area (Å²) >= 11 is 0. The first-order valence-electron chi connectivity index (χ1n) is 8.88. The lowest BCUT2D eigenvalue weighted by atomic mass is 9.93. The van der Waals surface area contributed by atoms with Gasteiger partial charge in [0.15, 0.2) is 11.6 Å². The van der Waals surface area contributed by atoms with Crippen molar-refractivity contribution in [2.75, 3.05) is 12.3 Å². The lowest BCUT2D eigenvalue weighted by Gasteiger charge is -2.27. The number of pyridine rings is 1. The molecule has 0 saturated heterocycles. The van der Waals surface area contributed by atoms with Crippen LogP contribution in [0.5, 0.6) is 5.75 Å². The van der Waals surface area contributed by atoms with Gasteiger partial charge in [-0.25, -0.2) is 9.97 Å². The van der Waals surface area contributed by atoms with Crippen molar-refractivity contribution >= 4 is 17.1 Å². The monoisotopic (exact) mass is 353 g/mol. The van der Waals surface area contributed by atoms with Crippen molar-refractivity contribution in [2.24, 2.45) is 11.7 Å². The summed E-state index contributed by atoms with van der Waals surface area (Å²) in [7, 11) is 0. The van der Waals surface area contributed by atoms with Gasteiger partial charge in [0.25, 0.3) is 0 Å². The van der Waals surface area contributed by atoms with E-state index in [0.29, 0.717) is 24.1 Å². The molecule has 1 aromatic carbocycles. The van der Waals surface area contributed by atoms with Crippen LogP contribution >= 0.6 is 0 Å². The Bertz CT molecular complexity index is 914. The summed E-state index contributed by atoms with van der Waals surface area (Å²) in [6.45, 7) is 8.89. The van der Waals surface area contributed by atoms with Gasteiger partial charge in [-0.2, -0.15) is 0 Å². The van der Waals surface area contributed by atoms with E-state index in [-0.39, 0.29) is 5.54 Å². The second kappa shape index (κ2) is 6.96. The van der Waals surface area contributed by atoms with Crippen LogP contribution in [0, 0.1) is 12.8 Å². The minimum Gasteiger partial charge on any atom is -0.491 e. The molecule has 0 fully saturated rings. The van der Waals surface area contributed by atoms with Crippen molar-refractivity contribution in [3.05, 3.63) is 36.0 Å². The molecule has 0 spiro atoms.